The molecule has 0 unspecified atom stereocenters. The lowest BCUT2D eigenvalue weighted by molar-refractivity contribution is -0.113. The van der Waals surface area contributed by atoms with Crippen LogP contribution in [-0.4, -0.2) is 11.1 Å². The first-order valence-electron chi connectivity index (χ1n) is 9.22. The number of hydrogen-bond donors (Lipinski definition) is 0. The summed E-state index contributed by atoms with van der Waals surface area (Å²) in [6, 6.07) is 17.4. The van der Waals surface area contributed by atoms with Gasteiger partial charge in [0.2, 0.25) is 0 Å². The number of nitrogens with zero attached hydrogens (tertiary/aromatic N) is 1. The number of carbonyl (C=O) groups excluding carboxylic acids is 2. The SMILES string of the molecule is O=C1S/C(=C\c2cc(Cl)c(OCc3ccc(Cl)cc3Cl)c(Br)c2)C(=O)N1c1ccccc1. The number of carbonyl (C=O) groups is 2. The first-order valence-corrected chi connectivity index (χ1v) is 12.0. The first-order chi connectivity index (χ1) is 15.3. The number of anilines is 1. The number of rotatable bonds is 5. The van der Waals surface area contributed by atoms with Gasteiger partial charge in [0.15, 0.2) is 5.75 Å². The van der Waals surface area contributed by atoms with Gasteiger partial charge in [-0.1, -0.05) is 59.1 Å². The molecule has 2 amide bonds. The van der Waals surface area contributed by atoms with Crippen molar-refractivity contribution in [2.24, 2.45) is 0 Å². The monoisotopic (exact) mass is 567 g/mol. The summed E-state index contributed by atoms with van der Waals surface area (Å²) in [6.07, 6.45) is 1.63. The fraction of sp³-hybridized carbons (Fsp3) is 0.0435. The van der Waals surface area contributed by atoms with Crippen molar-refractivity contribution in [3.8, 4) is 5.75 Å². The predicted molar refractivity (Wildman–Crippen MR) is 135 cm³/mol. The highest BCUT2D eigenvalue weighted by atomic mass is 79.9. The molecular weight excluding hydrogens is 557 g/mol. The lowest BCUT2D eigenvalue weighted by atomic mass is 10.2. The van der Waals surface area contributed by atoms with E-state index in [0.717, 1.165) is 22.2 Å². The molecule has 0 N–H and O–H groups in total. The number of imide groups is 1. The summed E-state index contributed by atoms with van der Waals surface area (Å²) in [4.78, 5) is 26.7. The van der Waals surface area contributed by atoms with E-state index in [-0.39, 0.29) is 17.8 Å². The molecule has 0 bridgehead atoms. The molecule has 4 nitrogen and oxygen atoms in total. The van der Waals surface area contributed by atoms with Crippen LogP contribution in [0.2, 0.25) is 15.1 Å². The van der Waals surface area contributed by atoms with E-state index in [1.165, 1.54) is 0 Å². The van der Waals surface area contributed by atoms with Crippen molar-refractivity contribution >= 4 is 85.4 Å². The number of halogens is 4. The number of ether oxygens (including phenoxy) is 1. The van der Waals surface area contributed by atoms with Gasteiger partial charge in [0, 0.05) is 15.6 Å². The molecule has 0 spiro atoms. The maximum absolute atomic E-state index is 12.8. The average molecular weight is 570 g/mol. The molecule has 32 heavy (non-hydrogen) atoms. The third kappa shape index (κ3) is 5.00. The summed E-state index contributed by atoms with van der Waals surface area (Å²) in [5.74, 6) is 0.0587. The molecule has 0 aromatic heterocycles. The van der Waals surface area contributed by atoms with Crippen LogP contribution in [0.1, 0.15) is 11.1 Å². The molecule has 1 heterocycles. The van der Waals surface area contributed by atoms with Crippen molar-refractivity contribution in [1.29, 1.82) is 0 Å². The molecule has 1 aliphatic heterocycles. The topological polar surface area (TPSA) is 46.6 Å². The van der Waals surface area contributed by atoms with Crippen molar-refractivity contribution in [3.63, 3.8) is 0 Å². The number of hydrogen-bond acceptors (Lipinski definition) is 4. The Bertz CT molecular complexity index is 1230. The lowest BCUT2D eigenvalue weighted by Gasteiger charge is -2.13. The first kappa shape index (κ1) is 23.2. The molecule has 0 saturated carbocycles. The molecule has 0 aliphatic carbocycles. The molecule has 162 valence electrons. The quantitative estimate of drug-likeness (QED) is 0.291. The van der Waals surface area contributed by atoms with Crippen LogP contribution in [0, 0.1) is 0 Å². The van der Waals surface area contributed by atoms with Gasteiger partial charge in [-0.2, -0.15) is 0 Å². The lowest BCUT2D eigenvalue weighted by Crippen LogP contribution is -2.27. The van der Waals surface area contributed by atoms with E-state index >= 15 is 0 Å². The standard InChI is InChI=1S/C23H13BrCl3NO3S/c24-17-8-13(9-19(27)21(17)31-12-14-6-7-15(25)11-18(14)26)10-20-22(29)28(23(30)32-20)16-4-2-1-3-5-16/h1-11H,12H2/b20-10-. The van der Waals surface area contributed by atoms with Crippen molar-refractivity contribution < 1.29 is 14.3 Å². The van der Waals surface area contributed by atoms with Crippen molar-refractivity contribution in [1.82, 2.24) is 0 Å². The van der Waals surface area contributed by atoms with Gasteiger partial charge in [0.05, 0.1) is 20.1 Å². The van der Waals surface area contributed by atoms with E-state index < -0.39 is 0 Å². The predicted octanol–water partition coefficient (Wildman–Crippen LogP) is 8.23. The Hall–Kier alpha value is -1.96. The van der Waals surface area contributed by atoms with Gasteiger partial charge in [-0.05, 0) is 75.7 Å². The van der Waals surface area contributed by atoms with Gasteiger partial charge < -0.3 is 4.74 Å². The van der Waals surface area contributed by atoms with Gasteiger partial charge in [-0.25, -0.2) is 4.90 Å². The molecule has 3 aromatic carbocycles. The minimum atomic E-state index is -0.379. The second kappa shape index (κ2) is 9.89. The van der Waals surface area contributed by atoms with E-state index in [1.54, 1.807) is 60.7 Å². The molecule has 9 heteroatoms. The van der Waals surface area contributed by atoms with Crippen LogP contribution in [-0.2, 0) is 11.4 Å². The van der Waals surface area contributed by atoms with E-state index in [0.29, 0.717) is 41.4 Å². The molecule has 0 radical (unpaired) electrons. The Morgan fingerprint density at radius 2 is 1.72 bits per heavy atom. The highest BCUT2D eigenvalue weighted by Gasteiger charge is 2.36. The van der Waals surface area contributed by atoms with Gasteiger partial charge in [-0.15, -0.1) is 0 Å². The number of thioether (sulfide) groups is 1. The third-order valence-corrected chi connectivity index (χ3v) is 6.84. The summed E-state index contributed by atoms with van der Waals surface area (Å²) in [5, 5.41) is 1.03. The Balaban J connectivity index is 1.55. The molecular formula is C23H13BrCl3NO3S. The van der Waals surface area contributed by atoms with Crippen LogP contribution < -0.4 is 9.64 Å². The fourth-order valence-corrected chi connectivity index (χ4v) is 5.30. The van der Waals surface area contributed by atoms with Gasteiger partial charge >= 0.3 is 0 Å². The molecule has 1 fully saturated rings. The summed E-state index contributed by atoms with van der Waals surface area (Å²) in [7, 11) is 0. The maximum Gasteiger partial charge on any atom is 0.298 e. The van der Waals surface area contributed by atoms with E-state index in [4.69, 9.17) is 39.5 Å². The van der Waals surface area contributed by atoms with E-state index in [9.17, 15) is 9.59 Å². The molecule has 1 aliphatic rings. The van der Waals surface area contributed by atoms with Crippen molar-refractivity contribution in [2.45, 2.75) is 6.61 Å². The molecule has 3 aromatic rings. The average Bonchev–Trinajstić information content (AvgIpc) is 3.02. The Morgan fingerprint density at radius 1 is 0.969 bits per heavy atom. The summed E-state index contributed by atoms with van der Waals surface area (Å²) >= 11 is 22.9. The van der Waals surface area contributed by atoms with Gasteiger partial charge in [0.25, 0.3) is 11.1 Å². The van der Waals surface area contributed by atoms with Crippen LogP contribution in [0.15, 0.2) is 70.0 Å². The summed E-state index contributed by atoms with van der Waals surface area (Å²) < 4.78 is 6.45. The summed E-state index contributed by atoms with van der Waals surface area (Å²) in [6.45, 7) is 0.198. The zero-order valence-electron chi connectivity index (χ0n) is 16.2. The fourth-order valence-electron chi connectivity index (χ4n) is 3.01. The number of amides is 2. The van der Waals surface area contributed by atoms with Crippen LogP contribution in [0.25, 0.3) is 6.08 Å². The van der Waals surface area contributed by atoms with E-state index in [2.05, 4.69) is 15.9 Å². The molecule has 4 rings (SSSR count). The zero-order chi connectivity index (χ0) is 22.8. The smallest absolute Gasteiger partial charge is 0.298 e. The zero-order valence-corrected chi connectivity index (χ0v) is 20.8. The largest absolute Gasteiger partial charge is 0.486 e. The van der Waals surface area contributed by atoms with Crippen LogP contribution in [0.3, 0.4) is 0 Å². The van der Waals surface area contributed by atoms with Gasteiger partial charge in [0.1, 0.15) is 6.61 Å². The minimum Gasteiger partial charge on any atom is -0.486 e. The molecule has 1 saturated heterocycles. The van der Waals surface area contributed by atoms with Crippen molar-refractivity contribution in [2.75, 3.05) is 4.90 Å². The Kier molecular flexibility index (Phi) is 7.17. The van der Waals surface area contributed by atoms with Crippen LogP contribution in [0.4, 0.5) is 10.5 Å². The highest BCUT2D eigenvalue weighted by molar-refractivity contribution is 9.10. The second-order valence-corrected chi connectivity index (χ2v) is 9.79. The molecule has 0 atom stereocenters. The second-order valence-electron chi connectivity index (χ2n) is 6.69. The van der Waals surface area contributed by atoms with Gasteiger partial charge in [-0.3, -0.25) is 9.59 Å². The number of para-hydroxylation sites is 1. The van der Waals surface area contributed by atoms with Crippen LogP contribution >= 0.6 is 62.5 Å². The third-order valence-electron chi connectivity index (χ3n) is 4.51. The van der Waals surface area contributed by atoms with E-state index in [1.807, 2.05) is 6.07 Å². The summed E-state index contributed by atoms with van der Waals surface area (Å²) in [5.41, 5.74) is 1.94. The van der Waals surface area contributed by atoms with Crippen molar-refractivity contribution in [3.05, 3.63) is 96.2 Å². The normalized spacial score (nSPS) is 15.0. The Morgan fingerprint density at radius 3 is 2.41 bits per heavy atom. The highest BCUT2D eigenvalue weighted by Crippen LogP contribution is 2.39. The Labute approximate surface area is 212 Å². The maximum atomic E-state index is 12.8. The minimum absolute atomic E-state index is 0.198. The number of benzene rings is 3. The van der Waals surface area contributed by atoms with Crippen LogP contribution in [0.5, 0.6) is 5.75 Å².